The molecule has 0 aliphatic carbocycles. The van der Waals surface area contributed by atoms with Gasteiger partial charge >= 0.3 is 0 Å². The molecule has 2 aromatic heterocycles. The maximum Gasteiger partial charge on any atom is 0.255 e. The number of benzene rings is 2. The summed E-state index contributed by atoms with van der Waals surface area (Å²) in [7, 11) is 0. The highest BCUT2D eigenvalue weighted by molar-refractivity contribution is 5.96. The fraction of sp³-hybridized carbons (Fsp3) is 0.250. The largest absolute Gasteiger partial charge is 0.339 e. The Balaban J connectivity index is 1.25. The van der Waals surface area contributed by atoms with Crippen LogP contribution in [-0.2, 0) is 6.54 Å². The third kappa shape index (κ3) is 3.68. The van der Waals surface area contributed by atoms with Crippen molar-refractivity contribution in [1.82, 2.24) is 24.9 Å². The van der Waals surface area contributed by atoms with E-state index < -0.39 is 0 Å². The SMILES string of the molecule is N#Cc1ccccc1C(=O)N1CCC(Cn2ncc3cc(-c4cn[nH]c4)ccc32)CC1. The van der Waals surface area contributed by atoms with Crippen molar-refractivity contribution in [3.8, 4) is 17.2 Å². The third-order valence-electron chi connectivity index (χ3n) is 6.08. The van der Waals surface area contributed by atoms with E-state index in [2.05, 4.69) is 44.2 Å². The number of likely N-dealkylation sites (tertiary alicyclic amines) is 1. The fourth-order valence-corrected chi connectivity index (χ4v) is 4.32. The normalized spacial score (nSPS) is 14.6. The highest BCUT2D eigenvalue weighted by Crippen LogP contribution is 2.26. The van der Waals surface area contributed by atoms with Crippen LogP contribution in [0.3, 0.4) is 0 Å². The quantitative estimate of drug-likeness (QED) is 0.553. The number of carbonyl (C=O) groups is 1. The Morgan fingerprint density at radius 2 is 1.97 bits per heavy atom. The number of nitrogens with one attached hydrogen (secondary N) is 1. The minimum Gasteiger partial charge on any atom is -0.339 e. The number of aromatic nitrogens is 4. The second-order valence-corrected chi connectivity index (χ2v) is 7.98. The van der Waals surface area contributed by atoms with E-state index >= 15 is 0 Å². The predicted molar refractivity (Wildman–Crippen MR) is 117 cm³/mol. The molecule has 5 rings (SSSR count). The van der Waals surface area contributed by atoms with Gasteiger partial charge in [0.25, 0.3) is 5.91 Å². The Morgan fingerprint density at radius 1 is 1.13 bits per heavy atom. The number of rotatable bonds is 4. The Bertz CT molecular complexity index is 1260. The van der Waals surface area contributed by atoms with Crippen molar-refractivity contribution < 1.29 is 4.79 Å². The molecule has 4 aromatic rings. The molecule has 1 aliphatic rings. The van der Waals surface area contributed by atoms with Crippen LogP contribution < -0.4 is 0 Å². The van der Waals surface area contributed by atoms with Crippen molar-refractivity contribution >= 4 is 16.8 Å². The summed E-state index contributed by atoms with van der Waals surface area (Å²) < 4.78 is 2.07. The van der Waals surface area contributed by atoms with E-state index in [4.69, 9.17) is 0 Å². The molecule has 0 bridgehead atoms. The molecule has 31 heavy (non-hydrogen) atoms. The Morgan fingerprint density at radius 3 is 2.74 bits per heavy atom. The number of nitriles is 1. The zero-order chi connectivity index (χ0) is 21.2. The van der Waals surface area contributed by atoms with E-state index in [-0.39, 0.29) is 5.91 Å². The fourth-order valence-electron chi connectivity index (χ4n) is 4.32. The van der Waals surface area contributed by atoms with Gasteiger partial charge < -0.3 is 4.90 Å². The molecule has 0 spiro atoms. The number of piperidine rings is 1. The van der Waals surface area contributed by atoms with Crippen LogP contribution in [0.15, 0.2) is 61.1 Å². The molecule has 3 heterocycles. The van der Waals surface area contributed by atoms with Gasteiger partial charge in [0.1, 0.15) is 0 Å². The summed E-state index contributed by atoms with van der Waals surface area (Å²) in [5.41, 5.74) is 4.23. The minimum atomic E-state index is -0.0492. The lowest BCUT2D eigenvalue weighted by atomic mass is 9.95. The summed E-state index contributed by atoms with van der Waals surface area (Å²) in [6.07, 6.45) is 7.46. The Labute approximate surface area is 179 Å². The molecule has 2 aromatic carbocycles. The zero-order valence-corrected chi connectivity index (χ0v) is 17.0. The van der Waals surface area contributed by atoms with Gasteiger partial charge in [-0.1, -0.05) is 18.2 Å². The summed E-state index contributed by atoms with van der Waals surface area (Å²) in [4.78, 5) is 14.7. The van der Waals surface area contributed by atoms with Crippen molar-refractivity contribution in [2.24, 2.45) is 5.92 Å². The Kier molecular flexibility index (Phi) is 4.97. The molecule has 1 aliphatic heterocycles. The smallest absolute Gasteiger partial charge is 0.255 e. The van der Waals surface area contributed by atoms with E-state index in [0.717, 1.165) is 41.4 Å². The molecular weight excluding hydrogens is 388 g/mol. The number of fused-ring (bicyclic) bond motifs is 1. The average Bonchev–Trinajstić information content (AvgIpc) is 3.49. The van der Waals surface area contributed by atoms with Crippen molar-refractivity contribution in [1.29, 1.82) is 5.26 Å². The van der Waals surface area contributed by atoms with Gasteiger partial charge in [0.2, 0.25) is 0 Å². The van der Waals surface area contributed by atoms with Crippen LogP contribution in [-0.4, -0.2) is 43.9 Å². The van der Waals surface area contributed by atoms with Crippen molar-refractivity contribution in [2.45, 2.75) is 19.4 Å². The summed E-state index contributed by atoms with van der Waals surface area (Å²) in [6.45, 7) is 2.24. The predicted octanol–water partition coefficient (Wildman–Crippen LogP) is 3.85. The van der Waals surface area contributed by atoms with Crippen LogP contribution in [0, 0.1) is 17.2 Å². The second kappa shape index (κ2) is 8.07. The van der Waals surface area contributed by atoms with Crippen LogP contribution in [0.2, 0.25) is 0 Å². The summed E-state index contributed by atoms with van der Waals surface area (Å²) in [5.74, 6) is 0.416. The average molecular weight is 410 g/mol. The number of hydrogen-bond acceptors (Lipinski definition) is 4. The zero-order valence-electron chi connectivity index (χ0n) is 17.0. The Hall–Kier alpha value is -3.92. The maximum absolute atomic E-state index is 12.9. The number of H-pyrrole nitrogens is 1. The van der Waals surface area contributed by atoms with Crippen LogP contribution in [0.4, 0.5) is 0 Å². The first kappa shape index (κ1) is 19.1. The van der Waals surface area contributed by atoms with Gasteiger partial charge in [-0.3, -0.25) is 14.6 Å². The molecule has 0 unspecified atom stereocenters. The van der Waals surface area contributed by atoms with Gasteiger partial charge in [0, 0.05) is 36.8 Å². The van der Waals surface area contributed by atoms with Crippen LogP contribution in [0.5, 0.6) is 0 Å². The molecule has 154 valence electrons. The van der Waals surface area contributed by atoms with Crippen molar-refractivity contribution in [3.05, 3.63) is 72.2 Å². The molecule has 1 amide bonds. The van der Waals surface area contributed by atoms with Gasteiger partial charge in [0.05, 0.1) is 35.1 Å². The van der Waals surface area contributed by atoms with Crippen LogP contribution >= 0.6 is 0 Å². The molecule has 1 fully saturated rings. The van der Waals surface area contributed by atoms with Crippen LogP contribution in [0.1, 0.15) is 28.8 Å². The van der Waals surface area contributed by atoms with E-state index in [9.17, 15) is 10.1 Å². The summed E-state index contributed by atoms with van der Waals surface area (Å²) >= 11 is 0. The maximum atomic E-state index is 12.9. The number of aromatic amines is 1. The molecular formula is C24H22N6O. The third-order valence-corrected chi connectivity index (χ3v) is 6.08. The summed E-state index contributed by atoms with van der Waals surface area (Å²) in [6, 6.07) is 15.5. The number of hydrogen-bond donors (Lipinski definition) is 1. The van der Waals surface area contributed by atoms with Gasteiger partial charge in [-0.05, 0) is 48.6 Å². The number of nitrogens with zero attached hydrogens (tertiary/aromatic N) is 5. The highest BCUT2D eigenvalue weighted by atomic mass is 16.2. The lowest BCUT2D eigenvalue weighted by Gasteiger charge is -2.32. The topological polar surface area (TPSA) is 90.6 Å². The standard InChI is InChI=1S/C24H22N6O/c25-12-19-3-1-2-4-22(19)24(31)29-9-7-17(8-10-29)16-30-23-6-5-18(11-20(23)15-28-30)21-13-26-27-14-21/h1-6,11,13-15,17H,7-10,16H2,(H,26,27). The molecule has 0 radical (unpaired) electrons. The lowest BCUT2D eigenvalue weighted by Crippen LogP contribution is -2.39. The van der Waals surface area contributed by atoms with E-state index in [1.165, 1.54) is 0 Å². The monoisotopic (exact) mass is 410 g/mol. The van der Waals surface area contributed by atoms with Crippen molar-refractivity contribution in [2.75, 3.05) is 13.1 Å². The van der Waals surface area contributed by atoms with Gasteiger partial charge in [-0.2, -0.15) is 15.5 Å². The number of amides is 1. The first-order chi connectivity index (χ1) is 15.2. The van der Waals surface area contributed by atoms with E-state index in [0.29, 0.717) is 30.1 Å². The van der Waals surface area contributed by atoms with E-state index in [1.54, 1.807) is 18.2 Å². The lowest BCUT2D eigenvalue weighted by molar-refractivity contribution is 0.0681. The molecule has 7 nitrogen and oxygen atoms in total. The van der Waals surface area contributed by atoms with Gasteiger partial charge in [0.15, 0.2) is 0 Å². The van der Waals surface area contributed by atoms with E-state index in [1.807, 2.05) is 29.6 Å². The van der Waals surface area contributed by atoms with Crippen molar-refractivity contribution in [3.63, 3.8) is 0 Å². The first-order valence-corrected chi connectivity index (χ1v) is 10.5. The highest BCUT2D eigenvalue weighted by Gasteiger charge is 2.25. The molecule has 0 atom stereocenters. The second-order valence-electron chi connectivity index (χ2n) is 7.98. The van der Waals surface area contributed by atoms with Gasteiger partial charge in [-0.15, -0.1) is 0 Å². The van der Waals surface area contributed by atoms with Crippen LogP contribution in [0.25, 0.3) is 22.0 Å². The molecule has 1 N–H and O–H groups in total. The minimum absolute atomic E-state index is 0.0492. The van der Waals surface area contributed by atoms with Gasteiger partial charge in [-0.25, -0.2) is 0 Å². The summed E-state index contributed by atoms with van der Waals surface area (Å²) in [5, 5.41) is 21.9. The number of carbonyl (C=O) groups excluding carboxylic acids is 1. The first-order valence-electron chi connectivity index (χ1n) is 10.5. The molecule has 7 heteroatoms. The molecule has 0 saturated carbocycles. The molecule has 1 saturated heterocycles.